The van der Waals surface area contributed by atoms with Crippen LogP contribution < -0.4 is 5.73 Å². The summed E-state index contributed by atoms with van der Waals surface area (Å²) in [7, 11) is 0. The number of rotatable bonds is 1. The molecule has 2 aromatic rings. The van der Waals surface area contributed by atoms with Crippen molar-refractivity contribution in [3.63, 3.8) is 0 Å². The number of fused-ring (bicyclic) bond motifs is 1. The van der Waals surface area contributed by atoms with Crippen molar-refractivity contribution in [2.45, 2.75) is 19.8 Å². The fraction of sp³-hybridized carbons (Fsp3) is 0.375. The smallest absolute Gasteiger partial charge is 0.224 e. The number of nitrogens with zero attached hydrogens (tertiary/aromatic N) is 4. The van der Waals surface area contributed by atoms with Gasteiger partial charge in [-0.05, 0) is 5.92 Å². The predicted octanol–water partition coefficient (Wildman–Crippen LogP) is 0.830. The molecule has 0 amide bonds. The fourth-order valence-electron chi connectivity index (χ4n) is 1.26. The lowest BCUT2D eigenvalue weighted by atomic mass is 10.1. The summed E-state index contributed by atoms with van der Waals surface area (Å²) in [5.74, 6) is 0.767. The summed E-state index contributed by atoms with van der Waals surface area (Å²) in [5, 5.41) is 4.11. The van der Waals surface area contributed by atoms with E-state index >= 15 is 0 Å². The lowest BCUT2D eigenvalue weighted by Gasteiger charge is -2.00. The second-order valence-corrected chi connectivity index (χ2v) is 3.22. The van der Waals surface area contributed by atoms with Crippen LogP contribution in [-0.2, 0) is 0 Å². The Morgan fingerprint density at radius 1 is 1.38 bits per heavy atom. The Bertz CT molecular complexity index is 431. The van der Waals surface area contributed by atoms with Crippen LogP contribution in [0.5, 0.6) is 0 Å². The minimum Gasteiger partial charge on any atom is -0.368 e. The van der Waals surface area contributed by atoms with Gasteiger partial charge in [0.15, 0.2) is 5.65 Å². The Kier molecular flexibility index (Phi) is 1.65. The van der Waals surface area contributed by atoms with Gasteiger partial charge >= 0.3 is 0 Å². The van der Waals surface area contributed by atoms with E-state index in [4.69, 9.17) is 5.73 Å². The van der Waals surface area contributed by atoms with Gasteiger partial charge in [0.2, 0.25) is 5.95 Å². The standard InChI is InChI=1S/C8H11N5/c1-5(2)6-3-12-13-7(6)10-4-11-8(13)9/h3-5H,1-2H3,(H2,9,10,11). The monoisotopic (exact) mass is 177 g/mol. The third-order valence-electron chi connectivity index (χ3n) is 1.98. The molecule has 0 aliphatic carbocycles. The van der Waals surface area contributed by atoms with Crippen LogP contribution in [-0.4, -0.2) is 19.6 Å². The molecule has 0 radical (unpaired) electrons. The first-order valence-corrected chi connectivity index (χ1v) is 4.14. The lowest BCUT2D eigenvalue weighted by Crippen LogP contribution is -2.02. The van der Waals surface area contributed by atoms with Crippen LogP contribution in [0.2, 0.25) is 0 Å². The summed E-state index contributed by atoms with van der Waals surface area (Å²) in [5.41, 5.74) is 7.50. The number of nitrogen functional groups attached to an aromatic ring is 1. The minimum atomic E-state index is 0.372. The third kappa shape index (κ3) is 1.12. The van der Waals surface area contributed by atoms with Crippen molar-refractivity contribution in [1.82, 2.24) is 19.6 Å². The van der Waals surface area contributed by atoms with E-state index in [1.807, 2.05) is 0 Å². The summed E-state index contributed by atoms with van der Waals surface area (Å²) in [4.78, 5) is 7.98. The molecule has 0 aliphatic rings. The Morgan fingerprint density at radius 3 is 2.85 bits per heavy atom. The van der Waals surface area contributed by atoms with Gasteiger partial charge in [0.05, 0.1) is 6.20 Å². The molecule has 2 N–H and O–H groups in total. The second kappa shape index (κ2) is 2.69. The highest BCUT2D eigenvalue weighted by Crippen LogP contribution is 2.18. The van der Waals surface area contributed by atoms with Crippen LogP contribution in [0.1, 0.15) is 25.3 Å². The molecule has 0 aromatic carbocycles. The van der Waals surface area contributed by atoms with Crippen LogP contribution in [0.3, 0.4) is 0 Å². The molecule has 13 heavy (non-hydrogen) atoms. The fourth-order valence-corrected chi connectivity index (χ4v) is 1.26. The van der Waals surface area contributed by atoms with Crippen LogP contribution in [0.15, 0.2) is 12.5 Å². The van der Waals surface area contributed by atoms with Crippen molar-refractivity contribution in [1.29, 1.82) is 0 Å². The molecule has 0 bridgehead atoms. The average molecular weight is 177 g/mol. The van der Waals surface area contributed by atoms with E-state index in [0.717, 1.165) is 11.2 Å². The quantitative estimate of drug-likeness (QED) is 0.700. The average Bonchev–Trinajstić information content (AvgIpc) is 2.48. The zero-order chi connectivity index (χ0) is 9.42. The summed E-state index contributed by atoms with van der Waals surface area (Å²) < 4.78 is 1.55. The van der Waals surface area contributed by atoms with E-state index in [9.17, 15) is 0 Å². The van der Waals surface area contributed by atoms with Gasteiger partial charge in [-0.25, -0.2) is 9.97 Å². The van der Waals surface area contributed by atoms with Gasteiger partial charge < -0.3 is 5.73 Å². The highest BCUT2D eigenvalue weighted by atomic mass is 15.3. The van der Waals surface area contributed by atoms with E-state index < -0.39 is 0 Å². The zero-order valence-corrected chi connectivity index (χ0v) is 7.60. The molecular formula is C8H11N5. The van der Waals surface area contributed by atoms with E-state index in [1.165, 1.54) is 6.33 Å². The van der Waals surface area contributed by atoms with Gasteiger partial charge in [0.1, 0.15) is 6.33 Å². The molecule has 0 aliphatic heterocycles. The molecule has 2 aromatic heterocycles. The largest absolute Gasteiger partial charge is 0.368 e. The molecule has 2 rings (SSSR count). The van der Waals surface area contributed by atoms with Crippen molar-refractivity contribution in [3.05, 3.63) is 18.1 Å². The number of aromatic nitrogens is 4. The first kappa shape index (κ1) is 7.97. The summed E-state index contributed by atoms with van der Waals surface area (Å²) in [6, 6.07) is 0. The molecule has 0 atom stereocenters. The maximum absolute atomic E-state index is 5.62. The van der Waals surface area contributed by atoms with E-state index in [1.54, 1.807) is 10.7 Å². The van der Waals surface area contributed by atoms with Crippen LogP contribution in [0, 0.1) is 0 Å². The molecule has 0 saturated heterocycles. The Morgan fingerprint density at radius 2 is 2.15 bits per heavy atom. The summed E-state index contributed by atoms with van der Waals surface area (Å²) >= 11 is 0. The third-order valence-corrected chi connectivity index (χ3v) is 1.98. The van der Waals surface area contributed by atoms with Gasteiger partial charge in [0, 0.05) is 5.56 Å². The summed E-state index contributed by atoms with van der Waals surface area (Å²) in [6.07, 6.45) is 3.24. The Balaban J connectivity index is 2.75. The first-order chi connectivity index (χ1) is 6.20. The first-order valence-electron chi connectivity index (χ1n) is 4.14. The SMILES string of the molecule is CC(C)c1cnn2c(N)ncnc12. The van der Waals surface area contributed by atoms with Gasteiger partial charge in [-0.3, -0.25) is 0 Å². The lowest BCUT2D eigenvalue weighted by molar-refractivity contribution is 0.869. The molecule has 0 spiro atoms. The van der Waals surface area contributed by atoms with Crippen LogP contribution in [0.25, 0.3) is 5.65 Å². The molecule has 5 nitrogen and oxygen atoms in total. The molecule has 0 fully saturated rings. The molecule has 0 saturated carbocycles. The topological polar surface area (TPSA) is 69.1 Å². The van der Waals surface area contributed by atoms with Crippen molar-refractivity contribution < 1.29 is 0 Å². The summed E-state index contributed by atoms with van der Waals surface area (Å²) in [6.45, 7) is 4.19. The molecule has 68 valence electrons. The van der Waals surface area contributed by atoms with Crippen molar-refractivity contribution in [2.24, 2.45) is 0 Å². The van der Waals surface area contributed by atoms with Crippen molar-refractivity contribution in [3.8, 4) is 0 Å². The van der Waals surface area contributed by atoms with Crippen molar-refractivity contribution in [2.75, 3.05) is 5.73 Å². The molecule has 0 unspecified atom stereocenters. The minimum absolute atomic E-state index is 0.372. The maximum Gasteiger partial charge on any atom is 0.224 e. The number of hydrogen-bond acceptors (Lipinski definition) is 4. The normalized spacial score (nSPS) is 11.3. The van der Waals surface area contributed by atoms with Crippen molar-refractivity contribution >= 4 is 11.6 Å². The van der Waals surface area contributed by atoms with Crippen LogP contribution >= 0.6 is 0 Å². The van der Waals surface area contributed by atoms with E-state index in [0.29, 0.717) is 11.9 Å². The highest BCUT2D eigenvalue weighted by Gasteiger charge is 2.09. The molecule has 5 heteroatoms. The number of nitrogens with two attached hydrogens (primary N) is 1. The van der Waals surface area contributed by atoms with Gasteiger partial charge in [-0.15, -0.1) is 0 Å². The van der Waals surface area contributed by atoms with E-state index in [2.05, 4.69) is 28.9 Å². The molecule has 2 heterocycles. The Hall–Kier alpha value is -1.65. The predicted molar refractivity (Wildman–Crippen MR) is 49.3 cm³/mol. The van der Waals surface area contributed by atoms with Gasteiger partial charge in [-0.1, -0.05) is 13.8 Å². The van der Waals surface area contributed by atoms with Gasteiger partial charge in [0.25, 0.3) is 0 Å². The van der Waals surface area contributed by atoms with E-state index in [-0.39, 0.29) is 0 Å². The maximum atomic E-state index is 5.62. The highest BCUT2D eigenvalue weighted by molar-refractivity contribution is 5.50. The van der Waals surface area contributed by atoms with Crippen LogP contribution in [0.4, 0.5) is 5.95 Å². The Labute approximate surface area is 75.6 Å². The van der Waals surface area contributed by atoms with Gasteiger partial charge in [-0.2, -0.15) is 9.61 Å². The number of hydrogen-bond donors (Lipinski definition) is 1. The molecular weight excluding hydrogens is 166 g/mol. The second-order valence-electron chi connectivity index (χ2n) is 3.22. The number of anilines is 1. The zero-order valence-electron chi connectivity index (χ0n) is 7.60.